The maximum atomic E-state index is 12.7. The van der Waals surface area contributed by atoms with E-state index < -0.39 is 0 Å². The summed E-state index contributed by atoms with van der Waals surface area (Å²) in [5, 5.41) is 12.3. The highest BCUT2D eigenvalue weighted by molar-refractivity contribution is 5.15. The standard InChI is InChI=1S/C13H20FNO/c1-10(2)13(7-8-16)15-9-11-3-5-12(14)6-4-11/h3-6,10,13,15-16H,7-9H2,1-2H3. The zero-order valence-electron chi connectivity index (χ0n) is 9.91. The Morgan fingerprint density at radius 3 is 2.38 bits per heavy atom. The molecule has 1 rings (SSSR count). The molecule has 1 unspecified atom stereocenters. The van der Waals surface area contributed by atoms with Crippen molar-refractivity contribution in [2.45, 2.75) is 32.9 Å². The third-order valence-electron chi connectivity index (χ3n) is 2.73. The van der Waals surface area contributed by atoms with Crippen molar-refractivity contribution >= 4 is 0 Å². The van der Waals surface area contributed by atoms with Gasteiger partial charge in [0.15, 0.2) is 0 Å². The third-order valence-corrected chi connectivity index (χ3v) is 2.73. The molecule has 0 fully saturated rings. The number of hydrogen-bond donors (Lipinski definition) is 2. The van der Waals surface area contributed by atoms with Crippen molar-refractivity contribution in [1.29, 1.82) is 0 Å². The SMILES string of the molecule is CC(C)C(CCO)NCc1ccc(F)cc1. The van der Waals surface area contributed by atoms with Crippen molar-refractivity contribution < 1.29 is 9.50 Å². The first-order valence-corrected chi connectivity index (χ1v) is 5.72. The molecule has 0 aliphatic heterocycles. The van der Waals surface area contributed by atoms with Crippen molar-refractivity contribution in [2.24, 2.45) is 5.92 Å². The van der Waals surface area contributed by atoms with E-state index in [1.807, 2.05) is 0 Å². The van der Waals surface area contributed by atoms with Gasteiger partial charge in [-0.3, -0.25) is 0 Å². The van der Waals surface area contributed by atoms with E-state index in [1.165, 1.54) is 12.1 Å². The fourth-order valence-electron chi connectivity index (χ4n) is 1.66. The second-order valence-corrected chi connectivity index (χ2v) is 4.37. The van der Waals surface area contributed by atoms with Gasteiger partial charge in [-0.05, 0) is 30.0 Å². The zero-order valence-corrected chi connectivity index (χ0v) is 9.91. The van der Waals surface area contributed by atoms with Crippen LogP contribution in [-0.4, -0.2) is 17.8 Å². The van der Waals surface area contributed by atoms with Crippen LogP contribution in [0.25, 0.3) is 0 Å². The maximum Gasteiger partial charge on any atom is 0.123 e. The number of aliphatic hydroxyl groups is 1. The smallest absolute Gasteiger partial charge is 0.123 e. The van der Waals surface area contributed by atoms with Crippen LogP contribution in [0.4, 0.5) is 4.39 Å². The zero-order chi connectivity index (χ0) is 12.0. The van der Waals surface area contributed by atoms with Gasteiger partial charge in [-0.2, -0.15) is 0 Å². The highest BCUT2D eigenvalue weighted by Gasteiger charge is 2.11. The predicted octanol–water partition coefficient (Wildman–Crippen LogP) is 2.32. The molecule has 2 N–H and O–H groups in total. The van der Waals surface area contributed by atoms with Crippen molar-refractivity contribution in [3.63, 3.8) is 0 Å². The van der Waals surface area contributed by atoms with E-state index in [1.54, 1.807) is 12.1 Å². The van der Waals surface area contributed by atoms with Crippen LogP contribution in [0, 0.1) is 11.7 Å². The van der Waals surface area contributed by atoms with Crippen LogP contribution in [0.15, 0.2) is 24.3 Å². The molecule has 0 bridgehead atoms. The van der Waals surface area contributed by atoms with E-state index in [-0.39, 0.29) is 12.4 Å². The molecule has 0 heterocycles. The molecule has 1 aromatic rings. The van der Waals surface area contributed by atoms with Crippen molar-refractivity contribution in [1.82, 2.24) is 5.32 Å². The van der Waals surface area contributed by atoms with Gasteiger partial charge in [0.2, 0.25) is 0 Å². The molecular weight excluding hydrogens is 205 g/mol. The largest absolute Gasteiger partial charge is 0.396 e. The van der Waals surface area contributed by atoms with E-state index in [0.717, 1.165) is 12.0 Å². The Morgan fingerprint density at radius 2 is 1.88 bits per heavy atom. The second-order valence-electron chi connectivity index (χ2n) is 4.37. The van der Waals surface area contributed by atoms with E-state index in [9.17, 15) is 4.39 Å². The lowest BCUT2D eigenvalue weighted by atomic mass is 10.0. The van der Waals surface area contributed by atoms with Gasteiger partial charge in [0, 0.05) is 19.2 Å². The molecule has 3 heteroatoms. The van der Waals surface area contributed by atoms with E-state index >= 15 is 0 Å². The van der Waals surface area contributed by atoms with Crippen molar-refractivity contribution in [3.05, 3.63) is 35.6 Å². The molecule has 0 radical (unpaired) electrons. The number of hydrogen-bond acceptors (Lipinski definition) is 2. The van der Waals surface area contributed by atoms with Crippen LogP contribution < -0.4 is 5.32 Å². The first-order valence-electron chi connectivity index (χ1n) is 5.72. The summed E-state index contributed by atoms with van der Waals surface area (Å²) in [4.78, 5) is 0. The van der Waals surface area contributed by atoms with Crippen LogP contribution in [0.5, 0.6) is 0 Å². The summed E-state index contributed by atoms with van der Waals surface area (Å²) in [6.07, 6.45) is 0.749. The van der Waals surface area contributed by atoms with Gasteiger partial charge in [0.25, 0.3) is 0 Å². The van der Waals surface area contributed by atoms with Crippen LogP contribution in [0.3, 0.4) is 0 Å². The molecule has 16 heavy (non-hydrogen) atoms. The number of aliphatic hydroxyl groups excluding tert-OH is 1. The van der Waals surface area contributed by atoms with Gasteiger partial charge in [0.05, 0.1) is 0 Å². The summed E-state index contributed by atoms with van der Waals surface area (Å²) in [6.45, 7) is 5.15. The Bertz CT molecular complexity index is 297. The van der Waals surface area contributed by atoms with Crippen LogP contribution in [0.1, 0.15) is 25.8 Å². The molecule has 1 atom stereocenters. The molecule has 1 aromatic carbocycles. The summed E-state index contributed by atoms with van der Waals surface area (Å²) in [6, 6.07) is 6.79. The lowest BCUT2D eigenvalue weighted by Gasteiger charge is -2.21. The summed E-state index contributed by atoms with van der Waals surface area (Å²) < 4.78 is 12.7. The van der Waals surface area contributed by atoms with E-state index in [4.69, 9.17) is 5.11 Å². The highest BCUT2D eigenvalue weighted by Crippen LogP contribution is 2.08. The Balaban J connectivity index is 2.45. The molecular formula is C13H20FNO. The lowest BCUT2D eigenvalue weighted by molar-refractivity contribution is 0.244. The lowest BCUT2D eigenvalue weighted by Crippen LogP contribution is -2.34. The predicted molar refractivity (Wildman–Crippen MR) is 63.6 cm³/mol. The Hall–Kier alpha value is -0.930. The highest BCUT2D eigenvalue weighted by atomic mass is 19.1. The molecule has 90 valence electrons. The van der Waals surface area contributed by atoms with Crippen molar-refractivity contribution in [2.75, 3.05) is 6.61 Å². The summed E-state index contributed by atoms with van der Waals surface area (Å²) >= 11 is 0. The molecule has 2 nitrogen and oxygen atoms in total. The normalized spacial score (nSPS) is 13.1. The second kappa shape index (κ2) is 6.61. The average molecular weight is 225 g/mol. The monoisotopic (exact) mass is 225 g/mol. The molecule has 0 spiro atoms. The first kappa shape index (κ1) is 13.1. The van der Waals surface area contributed by atoms with Crippen molar-refractivity contribution in [3.8, 4) is 0 Å². The number of rotatable bonds is 6. The van der Waals surface area contributed by atoms with E-state index in [0.29, 0.717) is 18.5 Å². The van der Waals surface area contributed by atoms with Crippen LogP contribution in [-0.2, 0) is 6.54 Å². The summed E-state index contributed by atoms with van der Waals surface area (Å²) in [5.74, 6) is 0.270. The van der Waals surface area contributed by atoms with Crippen LogP contribution >= 0.6 is 0 Å². The van der Waals surface area contributed by atoms with Gasteiger partial charge >= 0.3 is 0 Å². The molecule has 0 amide bonds. The minimum Gasteiger partial charge on any atom is -0.396 e. The topological polar surface area (TPSA) is 32.3 Å². The number of halogens is 1. The summed E-state index contributed by atoms with van der Waals surface area (Å²) in [7, 11) is 0. The quantitative estimate of drug-likeness (QED) is 0.778. The van der Waals surface area contributed by atoms with Gasteiger partial charge in [-0.15, -0.1) is 0 Å². The van der Waals surface area contributed by atoms with Gasteiger partial charge in [-0.25, -0.2) is 4.39 Å². The molecule has 0 saturated carbocycles. The number of benzene rings is 1. The maximum absolute atomic E-state index is 12.7. The van der Waals surface area contributed by atoms with Gasteiger partial charge in [0.1, 0.15) is 5.82 Å². The molecule has 0 aliphatic rings. The fraction of sp³-hybridized carbons (Fsp3) is 0.538. The fourth-order valence-corrected chi connectivity index (χ4v) is 1.66. The third kappa shape index (κ3) is 4.29. The first-order chi connectivity index (χ1) is 7.63. The van der Waals surface area contributed by atoms with Gasteiger partial charge in [-0.1, -0.05) is 26.0 Å². The Morgan fingerprint density at radius 1 is 1.25 bits per heavy atom. The minimum absolute atomic E-state index is 0.194. The molecule has 0 aromatic heterocycles. The number of nitrogens with one attached hydrogen (secondary N) is 1. The Kier molecular flexibility index (Phi) is 5.43. The average Bonchev–Trinajstić information content (AvgIpc) is 2.26. The van der Waals surface area contributed by atoms with Crippen LogP contribution in [0.2, 0.25) is 0 Å². The molecule has 0 saturated heterocycles. The van der Waals surface area contributed by atoms with E-state index in [2.05, 4.69) is 19.2 Å². The molecule has 0 aliphatic carbocycles. The minimum atomic E-state index is -0.209. The van der Waals surface area contributed by atoms with Gasteiger partial charge < -0.3 is 10.4 Å². The summed E-state index contributed by atoms with van der Waals surface area (Å²) in [5.41, 5.74) is 1.06. The Labute approximate surface area is 96.5 Å².